The second-order valence-electron chi connectivity index (χ2n) is 4.63. The Morgan fingerprint density at radius 3 is 2.83 bits per heavy atom. The summed E-state index contributed by atoms with van der Waals surface area (Å²) in [6.45, 7) is 3.24. The molecule has 0 saturated carbocycles. The van der Waals surface area contributed by atoms with Crippen molar-refractivity contribution in [1.82, 2.24) is 20.1 Å². The van der Waals surface area contributed by atoms with Gasteiger partial charge < -0.3 is 14.6 Å². The predicted octanol–water partition coefficient (Wildman–Crippen LogP) is 2.53. The van der Waals surface area contributed by atoms with Crippen molar-refractivity contribution in [2.24, 2.45) is 0 Å². The molecule has 9 heteroatoms. The Balaban J connectivity index is 1.89. The molecule has 0 fully saturated rings. The lowest BCUT2D eigenvalue weighted by Crippen LogP contribution is -2.04. The third kappa shape index (κ3) is 3.19. The van der Waals surface area contributed by atoms with Gasteiger partial charge in [-0.05, 0) is 13.0 Å². The normalized spacial score (nSPS) is 10.6. The number of carbonyl (C=O) groups excluding carboxylic acids is 1. The van der Waals surface area contributed by atoms with E-state index in [2.05, 4.69) is 25.4 Å². The number of nitrogens with zero attached hydrogens (tertiary/aromatic N) is 4. The van der Waals surface area contributed by atoms with Crippen LogP contribution in [0.2, 0.25) is 0 Å². The van der Waals surface area contributed by atoms with Crippen molar-refractivity contribution >= 4 is 22.4 Å². The highest BCUT2D eigenvalue weighted by atomic mass is 32.1. The molecule has 0 atom stereocenters. The lowest BCUT2D eigenvalue weighted by Gasteiger charge is -1.97. The van der Waals surface area contributed by atoms with Gasteiger partial charge in [-0.3, -0.25) is 4.79 Å². The molecule has 3 aromatic heterocycles. The third-order valence-corrected chi connectivity index (χ3v) is 3.96. The summed E-state index contributed by atoms with van der Waals surface area (Å²) in [6, 6.07) is 3.51. The van der Waals surface area contributed by atoms with Crippen molar-refractivity contribution in [1.29, 1.82) is 0 Å². The number of ether oxygens (including phenoxy) is 1. The van der Waals surface area contributed by atoms with E-state index in [1.807, 2.05) is 6.92 Å². The van der Waals surface area contributed by atoms with Crippen LogP contribution in [0.1, 0.15) is 12.6 Å². The van der Waals surface area contributed by atoms with Gasteiger partial charge in [0, 0.05) is 24.8 Å². The Kier molecular flexibility index (Phi) is 4.02. The molecule has 0 unspecified atom stereocenters. The minimum atomic E-state index is -0.180. The molecular weight excluding hydrogens is 318 g/mol. The van der Waals surface area contributed by atoms with Gasteiger partial charge in [-0.2, -0.15) is 4.98 Å². The Labute approximate surface area is 135 Å². The van der Waals surface area contributed by atoms with Gasteiger partial charge in [-0.15, -0.1) is 0 Å². The summed E-state index contributed by atoms with van der Waals surface area (Å²) in [7, 11) is 1.55. The number of pyridine rings is 1. The molecule has 0 aliphatic rings. The second-order valence-corrected chi connectivity index (χ2v) is 5.63. The number of amides is 1. The molecular formula is C14H13N5O3S. The molecule has 3 aromatic rings. The van der Waals surface area contributed by atoms with Gasteiger partial charge in [0.15, 0.2) is 5.13 Å². The van der Waals surface area contributed by atoms with E-state index in [9.17, 15) is 4.79 Å². The van der Waals surface area contributed by atoms with Crippen molar-refractivity contribution in [3.63, 3.8) is 0 Å². The van der Waals surface area contributed by atoms with Crippen molar-refractivity contribution in [3.05, 3.63) is 24.0 Å². The number of carbonyl (C=O) groups is 1. The molecule has 0 saturated heterocycles. The first-order chi connectivity index (χ1) is 11.1. The molecule has 0 radical (unpaired) electrons. The van der Waals surface area contributed by atoms with Crippen LogP contribution in [-0.2, 0) is 4.79 Å². The standard InChI is InChI=1S/C14H13N5O3S/c1-7-11(23-14(16-7)17-8(2)20)13-18-12(19-22-13)9-4-5-10(21-3)15-6-9/h4-6H,1-3H3,(H,16,17,20). The largest absolute Gasteiger partial charge is 0.481 e. The van der Waals surface area contributed by atoms with Crippen LogP contribution >= 0.6 is 11.3 Å². The summed E-state index contributed by atoms with van der Waals surface area (Å²) in [5.74, 6) is 1.10. The van der Waals surface area contributed by atoms with Gasteiger partial charge in [0.2, 0.25) is 17.6 Å². The zero-order chi connectivity index (χ0) is 16.4. The molecule has 23 heavy (non-hydrogen) atoms. The molecule has 1 amide bonds. The van der Waals surface area contributed by atoms with E-state index in [0.29, 0.717) is 38.9 Å². The Bertz CT molecular complexity index is 840. The van der Waals surface area contributed by atoms with Crippen LogP contribution in [0.3, 0.4) is 0 Å². The molecule has 118 valence electrons. The number of hydrogen-bond donors (Lipinski definition) is 1. The Morgan fingerprint density at radius 2 is 2.17 bits per heavy atom. The van der Waals surface area contributed by atoms with E-state index in [1.165, 1.54) is 18.3 Å². The van der Waals surface area contributed by atoms with Crippen molar-refractivity contribution in [3.8, 4) is 28.0 Å². The fourth-order valence-electron chi connectivity index (χ4n) is 1.87. The number of nitrogens with one attached hydrogen (secondary N) is 1. The molecule has 0 spiro atoms. The Morgan fingerprint density at radius 1 is 1.35 bits per heavy atom. The number of aromatic nitrogens is 4. The lowest BCUT2D eigenvalue weighted by molar-refractivity contribution is -0.114. The number of methoxy groups -OCH3 is 1. The average molecular weight is 331 g/mol. The number of hydrogen-bond acceptors (Lipinski definition) is 8. The summed E-state index contributed by atoms with van der Waals surface area (Å²) in [5.41, 5.74) is 1.42. The monoisotopic (exact) mass is 331 g/mol. The highest BCUT2D eigenvalue weighted by Gasteiger charge is 2.17. The third-order valence-electron chi connectivity index (χ3n) is 2.90. The van der Waals surface area contributed by atoms with Gasteiger partial charge in [0.1, 0.15) is 4.88 Å². The number of rotatable bonds is 4. The minimum Gasteiger partial charge on any atom is -0.481 e. The van der Waals surface area contributed by atoms with E-state index in [0.717, 1.165) is 0 Å². The highest BCUT2D eigenvalue weighted by molar-refractivity contribution is 7.19. The number of thiazole rings is 1. The second kappa shape index (κ2) is 6.13. The van der Waals surface area contributed by atoms with Gasteiger partial charge in [-0.25, -0.2) is 9.97 Å². The van der Waals surface area contributed by atoms with Crippen molar-refractivity contribution in [2.45, 2.75) is 13.8 Å². The van der Waals surface area contributed by atoms with Gasteiger partial charge in [0.25, 0.3) is 5.89 Å². The van der Waals surface area contributed by atoms with Crippen LogP contribution in [0, 0.1) is 6.92 Å². The first-order valence-electron chi connectivity index (χ1n) is 6.66. The molecule has 3 heterocycles. The summed E-state index contributed by atoms with van der Waals surface area (Å²) >= 11 is 1.28. The number of aryl methyl sites for hydroxylation is 1. The van der Waals surface area contributed by atoms with E-state index in [1.54, 1.807) is 25.4 Å². The SMILES string of the molecule is COc1ccc(-c2noc(-c3sc(NC(C)=O)nc3C)n2)cn1. The van der Waals surface area contributed by atoms with Crippen molar-refractivity contribution < 1.29 is 14.1 Å². The van der Waals surface area contributed by atoms with E-state index >= 15 is 0 Å². The van der Waals surface area contributed by atoms with Gasteiger partial charge >= 0.3 is 0 Å². The molecule has 8 nitrogen and oxygen atoms in total. The van der Waals surface area contributed by atoms with E-state index < -0.39 is 0 Å². The highest BCUT2D eigenvalue weighted by Crippen LogP contribution is 2.32. The fraction of sp³-hybridized carbons (Fsp3) is 0.214. The maximum Gasteiger partial charge on any atom is 0.270 e. The molecule has 3 rings (SSSR count). The topological polar surface area (TPSA) is 103 Å². The Hall–Kier alpha value is -2.81. The van der Waals surface area contributed by atoms with Crippen LogP contribution in [0.5, 0.6) is 5.88 Å². The summed E-state index contributed by atoms with van der Waals surface area (Å²) in [6.07, 6.45) is 1.61. The average Bonchev–Trinajstić information content (AvgIpc) is 3.13. The molecule has 0 bridgehead atoms. The van der Waals surface area contributed by atoms with Crippen LogP contribution in [0.4, 0.5) is 5.13 Å². The quantitative estimate of drug-likeness (QED) is 0.783. The summed E-state index contributed by atoms with van der Waals surface area (Å²) in [4.78, 5) is 24.5. The van der Waals surface area contributed by atoms with Gasteiger partial charge in [0.05, 0.1) is 12.8 Å². The molecule has 0 aromatic carbocycles. The van der Waals surface area contributed by atoms with Gasteiger partial charge in [-0.1, -0.05) is 16.5 Å². The summed E-state index contributed by atoms with van der Waals surface area (Å²) in [5, 5.41) is 7.09. The smallest absolute Gasteiger partial charge is 0.270 e. The fourth-order valence-corrected chi connectivity index (χ4v) is 2.80. The molecule has 0 aliphatic carbocycles. The number of anilines is 1. The first-order valence-corrected chi connectivity index (χ1v) is 7.48. The van der Waals surface area contributed by atoms with Crippen LogP contribution < -0.4 is 10.1 Å². The zero-order valence-corrected chi connectivity index (χ0v) is 13.5. The van der Waals surface area contributed by atoms with E-state index in [4.69, 9.17) is 9.26 Å². The maximum atomic E-state index is 11.1. The van der Waals surface area contributed by atoms with Crippen LogP contribution in [0.15, 0.2) is 22.9 Å². The molecule has 0 aliphatic heterocycles. The lowest BCUT2D eigenvalue weighted by atomic mass is 10.3. The first kappa shape index (κ1) is 15.1. The van der Waals surface area contributed by atoms with Crippen LogP contribution in [-0.4, -0.2) is 33.1 Å². The zero-order valence-electron chi connectivity index (χ0n) is 12.7. The summed E-state index contributed by atoms with van der Waals surface area (Å²) < 4.78 is 10.3. The van der Waals surface area contributed by atoms with E-state index in [-0.39, 0.29) is 5.91 Å². The van der Waals surface area contributed by atoms with Crippen molar-refractivity contribution in [2.75, 3.05) is 12.4 Å². The van der Waals surface area contributed by atoms with Crippen LogP contribution in [0.25, 0.3) is 22.2 Å². The minimum absolute atomic E-state index is 0.180. The predicted molar refractivity (Wildman–Crippen MR) is 84.2 cm³/mol. The molecule has 1 N–H and O–H groups in total. The maximum absolute atomic E-state index is 11.1.